The summed E-state index contributed by atoms with van der Waals surface area (Å²) in [5, 5.41) is 11.3. The smallest absolute Gasteiger partial charge is 0.265 e. The summed E-state index contributed by atoms with van der Waals surface area (Å²) in [7, 11) is -4.10. The summed E-state index contributed by atoms with van der Waals surface area (Å²) in [6.07, 6.45) is 2.04. The van der Waals surface area contributed by atoms with Crippen LogP contribution in [0.15, 0.2) is 60.0 Å². The molecule has 7 heteroatoms. The van der Waals surface area contributed by atoms with Gasteiger partial charge in [-0.25, -0.2) is 8.42 Å². The van der Waals surface area contributed by atoms with E-state index in [9.17, 15) is 18.5 Å². The summed E-state index contributed by atoms with van der Waals surface area (Å²) in [6, 6.07) is 10.9. The molecular formula is C18H20N2O4S. The Morgan fingerprint density at radius 3 is 2.28 bits per heavy atom. The zero-order chi connectivity index (χ0) is 18.6. The van der Waals surface area contributed by atoms with Crippen LogP contribution in [-0.4, -0.2) is 19.9 Å². The van der Waals surface area contributed by atoms with Crippen molar-refractivity contribution in [2.45, 2.75) is 25.2 Å². The van der Waals surface area contributed by atoms with E-state index in [1.165, 1.54) is 28.6 Å². The molecule has 0 heterocycles. The average Bonchev–Trinajstić information content (AvgIpc) is 2.57. The number of nitro benzene ring substituents is 1. The highest BCUT2D eigenvalue weighted by molar-refractivity contribution is 7.93. The fourth-order valence-corrected chi connectivity index (χ4v) is 4.47. The summed E-state index contributed by atoms with van der Waals surface area (Å²) in [5.74, 6) is 0. The lowest BCUT2D eigenvalue weighted by molar-refractivity contribution is -0.387. The summed E-state index contributed by atoms with van der Waals surface area (Å²) in [6.45, 7) is 7.43. The standard InChI is InChI=1S/C18H20N2O4S/c1-4-5-13-19(18-14(2)9-8-10-15(18)3)25(23,24)17-12-7-6-11-16(17)20(21)22/h4,6-12H,1,5,13H2,2-3H3. The highest BCUT2D eigenvalue weighted by Crippen LogP contribution is 2.33. The number of hydrogen-bond donors (Lipinski definition) is 0. The largest absolute Gasteiger partial charge is 0.289 e. The molecule has 0 saturated carbocycles. The van der Waals surface area contributed by atoms with Gasteiger partial charge in [-0.2, -0.15) is 0 Å². The van der Waals surface area contributed by atoms with Gasteiger partial charge in [0.15, 0.2) is 4.90 Å². The third kappa shape index (κ3) is 3.71. The van der Waals surface area contributed by atoms with E-state index in [0.717, 1.165) is 11.1 Å². The van der Waals surface area contributed by atoms with Gasteiger partial charge in [0.2, 0.25) is 0 Å². The molecule has 0 aliphatic rings. The summed E-state index contributed by atoms with van der Waals surface area (Å²) in [5.41, 5.74) is 1.68. The van der Waals surface area contributed by atoms with Gasteiger partial charge in [-0.1, -0.05) is 36.4 Å². The Morgan fingerprint density at radius 1 is 1.12 bits per heavy atom. The molecule has 0 saturated heterocycles. The molecule has 0 unspecified atom stereocenters. The van der Waals surface area contributed by atoms with Crippen molar-refractivity contribution in [3.05, 3.63) is 76.4 Å². The Hall–Kier alpha value is -2.67. The second-order valence-corrected chi connectivity index (χ2v) is 7.45. The van der Waals surface area contributed by atoms with Crippen LogP contribution in [0, 0.1) is 24.0 Å². The Labute approximate surface area is 147 Å². The fourth-order valence-electron chi connectivity index (χ4n) is 2.70. The quantitative estimate of drug-likeness (QED) is 0.425. The number of anilines is 1. The second-order valence-electron chi connectivity index (χ2n) is 5.62. The minimum absolute atomic E-state index is 0.156. The molecule has 2 aromatic carbocycles. The summed E-state index contributed by atoms with van der Waals surface area (Å²) >= 11 is 0. The topological polar surface area (TPSA) is 80.5 Å². The lowest BCUT2D eigenvalue weighted by atomic mass is 10.1. The third-order valence-electron chi connectivity index (χ3n) is 3.86. The van der Waals surface area contributed by atoms with Gasteiger partial charge in [0, 0.05) is 12.6 Å². The van der Waals surface area contributed by atoms with E-state index < -0.39 is 20.6 Å². The lowest BCUT2D eigenvalue weighted by Crippen LogP contribution is -2.33. The number of sulfonamides is 1. The molecule has 0 atom stereocenters. The molecule has 0 N–H and O–H groups in total. The minimum atomic E-state index is -4.10. The van der Waals surface area contributed by atoms with Crippen molar-refractivity contribution < 1.29 is 13.3 Å². The van der Waals surface area contributed by atoms with Crippen LogP contribution in [0.1, 0.15) is 17.5 Å². The van der Waals surface area contributed by atoms with Gasteiger partial charge in [-0.15, -0.1) is 6.58 Å². The number of para-hydroxylation sites is 2. The van der Waals surface area contributed by atoms with E-state index in [2.05, 4.69) is 6.58 Å². The molecule has 0 bridgehead atoms. The molecule has 2 rings (SSSR count). The van der Waals surface area contributed by atoms with Crippen molar-refractivity contribution in [1.82, 2.24) is 0 Å². The number of nitro groups is 1. The van der Waals surface area contributed by atoms with Gasteiger partial charge >= 0.3 is 0 Å². The van der Waals surface area contributed by atoms with Crippen LogP contribution in [0.5, 0.6) is 0 Å². The molecule has 0 aliphatic heterocycles. The first-order valence-corrected chi connectivity index (χ1v) is 9.18. The van der Waals surface area contributed by atoms with E-state index in [-0.39, 0.29) is 11.4 Å². The van der Waals surface area contributed by atoms with Crippen LogP contribution in [0.4, 0.5) is 11.4 Å². The molecule has 25 heavy (non-hydrogen) atoms. The first-order valence-electron chi connectivity index (χ1n) is 7.74. The average molecular weight is 360 g/mol. The van der Waals surface area contributed by atoms with Gasteiger partial charge < -0.3 is 0 Å². The Balaban J connectivity index is 2.70. The molecule has 0 fully saturated rings. The van der Waals surface area contributed by atoms with E-state index in [1.807, 2.05) is 32.0 Å². The number of aryl methyl sites for hydroxylation is 2. The van der Waals surface area contributed by atoms with Gasteiger partial charge in [0.25, 0.3) is 15.7 Å². The Kier molecular flexibility index (Phi) is 5.58. The maximum Gasteiger partial charge on any atom is 0.289 e. The molecule has 0 spiro atoms. The molecular weight excluding hydrogens is 340 g/mol. The molecule has 0 amide bonds. The zero-order valence-corrected chi connectivity index (χ0v) is 15.0. The van der Waals surface area contributed by atoms with Crippen molar-refractivity contribution in [2.75, 3.05) is 10.8 Å². The molecule has 0 aromatic heterocycles. The van der Waals surface area contributed by atoms with Crippen LogP contribution in [0.3, 0.4) is 0 Å². The second kappa shape index (κ2) is 7.48. The molecule has 0 radical (unpaired) electrons. The first-order chi connectivity index (χ1) is 11.8. The van der Waals surface area contributed by atoms with Crippen molar-refractivity contribution in [3.63, 3.8) is 0 Å². The van der Waals surface area contributed by atoms with Crippen molar-refractivity contribution in [3.8, 4) is 0 Å². The van der Waals surface area contributed by atoms with Crippen LogP contribution >= 0.6 is 0 Å². The highest BCUT2D eigenvalue weighted by Gasteiger charge is 2.32. The highest BCUT2D eigenvalue weighted by atomic mass is 32.2. The monoisotopic (exact) mass is 360 g/mol. The molecule has 0 aliphatic carbocycles. The van der Waals surface area contributed by atoms with Crippen LogP contribution in [0.25, 0.3) is 0 Å². The normalized spacial score (nSPS) is 11.1. The number of rotatable bonds is 7. The van der Waals surface area contributed by atoms with Crippen molar-refractivity contribution in [1.29, 1.82) is 0 Å². The zero-order valence-electron chi connectivity index (χ0n) is 14.2. The van der Waals surface area contributed by atoms with Crippen LogP contribution in [-0.2, 0) is 10.0 Å². The minimum Gasteiger partial charge on any atom is -0.265 e. The fraction of sp³-hybridized carbons (Fsp3) is 0.222. The predicted octanol–water partition coefficient (Wildman–Crippen LogP) is 3.98. The molecule has 6 nitrogen and oxygen atoms in total. The van der Waals surface area contributed by atoms with Crippen molar-refractivity contribution in [2.24, 2.45) is 0 Å². The molecule has 2 aromatic rings. The maximum atomic E-state index is 13.3. The Morgan fingerprint density at radius 2 is 1.72 bits per heavy atom. The molecule has 132 valence electrons. The van der Waals surface area contributed by atoms with Gasteiger partial charge in [-0.05, 0) is 37.5 Å². The van der Waals surface area contributed by atoms with E-state index >= 15 is 0 Å². The third-order valence-corrected chi connectivity index (χ3v) is 5.70. The van der Waals surface area contributed by atoms with E-state index in [4.69, 9.17) is 0 Å². The predicted molar refractivity (Wildman–Crippen MR) is 98.4 cm³/mol. The first kappa shape index (κ1) is 18.7. The van der Waals surface area contributed by atoms with Crippen molar-refractivity contribution >= 4 is 21.4 Å². The van der Waals surface area contributed by atoms with Gasteiger partial charge in [-0.3, -0.25) is 14.4 Å². The maximum absolute atomic E-state index is 13.3. The number of nitrogens with zero attached hydrogens (tertiary/aromatic N) is 2. The van der Waals surface area contributed by atoms with Crippen LogP contribution in [0.2, 0.25) is 0 Å². The van der Waals surface area contributed by atoms with Gasteiger partial charge in [0.05, 0.1) is 10.6 Å². The SMILES string of the molecule is C=CCCN(c1c(C)cccc1C)S(=O)(=O)c1ccccc1[N+](=O)[O-]. The summed E-state index contributed by atoms with van der Waals surface area (Å²) < 4.78 is 27.7. The lowest BCUT2D eigenvalue weighted by Gasteiger charge is -2.27. The Bertz CT molecular complexity index is 887. The van der Waals surface area contributed by atoms with Crippen LogP contribution < -0.4 is 4.31 Å². The van der Waals surface area contributed by atoms with Gasteiger partial charge in [0.1, 0.15) is 0 Å². The number of hydrogen-bond acceptors (Lipinski definition) is 4. The number of benzene rings is 2. The van der Waals surface area contributed by atoms with E-state index in [0.29, 0.717) is 12.1 Å². The van der Waals surface area contributed by atoms with E-state index in [1.54, 1.807) is 6.08 Å². The summed E-state index contributed by atoms with van der Waals surface area (Å²) in [4.78, 5) is 10.3.